The molecule has 4 unspecified atom stereocenters. The number of nitrogens with one attached hydrogen (secondary N) is 2. The lowest BCUT2D eigenvalue weighted by atomic mass is 9.99. The van der Waals surface area contributed by atoms with Gasteiger partial charge in [-0.25, -0.2) is 13.2 Å². The minimum absolute atomic E-state index is 0.134. The van der Waals surface area contributed by atoms with E-state index in [-0.39, 0.29) is 33.9 Å². The zero-order valence-electron chi connectivity index (χ0n) is 24.5. The van der Waals surface area contributed by atoms with Crippen molar-refractivity contribution in [3.8, 4) is 0 Å². The highest BCUT2D eigenvalue weighted by Crippen LogP contribution is 2.31. The average molecular weight is 620 g/mol. The van der Waals surface area contributed by atoms with Crippen molar-refractivity contribution < 1.29 is 22.6 Å². The number of carbonyl (C=O) groups is 2. The number of unbranched alkanes of at least 4 members (excludes halogenated alkanes) is 1. The minimum Gasteiger partial charge on any atom is -0.321 e. The van der Waals surface area contributed by atoms with Gasteiger partial charge in [-0.2, -0.15) is 14.3 Å². The second-order valence-electron chi connectivity index (χ2n) is 11.3. The predicted molar refractivity (Wildman–Crippen MR) is 161 cm³/mol. The van der Waals surface area contributed by atoms with Crippen LogP contribution in [-0.4, -0.2) is 97.1 Å². The van der Waals surface area contributed by atoms with Crippen molar-refractivity contribution >= 4 is 50.7 Å². The Bertz CT molecular complexity index is 1170. The van der Waals surface area contributed by atoms with Gasteiger partial charge in [0.05, 0.1) is 16.8 Å². The number of nitrogens with zero attached hydrogens (tertiary/aromatic N) is 3. The number of halogens is 2. The molecule has 12 heteroatoms. The first kappa shape index (κ1) is 33.2. The van der Waals surface area contributed by atoms with E-state index in [0.29, 0.717) is 37.4 Å². The van der Waals surface area contributed by atoms with Crippen molar-refractivity contribution in [2.45, 2.75) is 87.9 Å². The van der Waals surface area contributed by atoms with E-state index in [2.05, 4.69) is 29.5 Å². The zero-order valence-corrected chi connectivity index (χ0v) is 26.8. The molecule has 9 nitrogen and oxygen atoms in total. The van der Waals surface area contributed by atoms with E-state index in [4.69, 9.17) is 23.2 Å². The lowest BCUT2D eigenvalue weighted by molar-refractivity contribution is -0.918. The summed E-state index contributed by atoms with van der Waals surface area (Å²) in [5.41, 5.74) is 5.08. The van der Waals surface area contributed by atoms with Crippen LogP contribution in [0.4, 0.5) is 5.69 Å². The lowest BCUT2D eigenvalue weighted by Gasteiger charge is -2.45. The standard InChI is InChI=1S/C28H45Cl2N5O4S/c1-6-8-11-22(10-7-2)35(28(37)27(30)23(29)18-31-35)19-26(36)32-24-17-25(21(4)16-20(24)3)40(38,39)34-13-9-12-33(5)14-15-34/h16-17,22-23,27,31H,6-15,18-19H2,1-5H3/p+1. The molecule has 1 aromatic carbocycles. The summed E-state index contributed by atoms with van der Waals surface area (Å²) in [5.74, 6) is -0.685. The number of amides is 2. The molecule has 0 bridgehead atoms. The fraction of sp³-hybridized carbons (Fsp3) is 0.714. The van der Waals surface area contributed by atoms with Gasteiger partial charge in [-0.05, 0) is 57.5 Å². The van der Waals surface area contributed by atoms with Crippen molar-refractivity contribution in [1.29, 1.82) is 0 Å². The van der Waals surface area contributed by atoms with Gasteiger partial charge in [0, 0.05) is 38.2 Å². The number of aryl methyl sites for hydroxylation is 2. The van der Waals surface area contributed by atoms with Gasteiger partial charge < -0.3 is 10.2 Å². The Kier molecular flexibility index (Phi) is 11.9. The Labute approximate surface area is 250 Å². The summed E-state index contributed by atoms with van der Waals surface area (Å²) in [6.07, 6.45) is 5.02. The van der Waals surface area contributed by atoms with E-state index in [1.807, 2.05) is 14.0 Å². The smallest absolute Gasteiger partial charge is 0.321 e. The van der Waals surface area contributed by atoms with Gasteiger partial charge in [0.1, 0.15) is 6.04 Å². The molecule has 0 saturated carbocycles. The van der Waals surface area contributed by atoms with Crippen LogP contribution >= 0.6 is 23.2 Å². The molecule has 4 atom stereocenters. The summed E-state index contributed by atoms with van der Waals surface area (Å²) in [5, 5.41) is 1.45. The topological polar surface area (TPSA) is 98.8 Å². The number of benzene rings is 1. The maximum Gasteiger partial charge on any atom is 0.352 e. The van der Waals surface area contributed by atoms with Crippen LogP contribution in [-0.2, 0) is 19.6 Å². The molecule has 226 valence electrons. The third kappa shape index (κ3) is 7.38. The number of rotatable bonds is 11. The molecule has 2 aliphatic rings. The van der Waals surface area contributed by atoms with E-state index >= 15 is 0 Å². The number of alkyl halides is 2. The molecular formula is C28H46Cl2N5O4S+. The number of hydrogen-bond donors (Lipinski definition) is 2. The summed E-state index contributed by atoms with van der Waals surface area (Å²) < 4.78 is 28.6. The van der Waals surface area contributed by atoms with E-state index in [1.165, 1.54) is 4.31 Å². The van der Waals surface area contributed by atoms with Crippen molar-refractivity contribution in [1.82, 2.24) is 14.6 Å². The van der Waals surface area contributed by atoms with Gasteiger partial charge in [0.15, 0.2) is 11.9 Å². The summed E-state index contributed by atoms with van der Waals surface area (Å²) >= 11 is 12.8. The normalized spacial score (nSPS) is 25.9. The third-order valence-corrected chi connectivity index (χ3v) is 11.2. The van der Waals surface area contributed by atoms with E-state index in [1.54, 1.807) is 19.1 Å². The Hall–Kier alpha value is -1.27. The molecule has 2 N–H and O–H groups in total. The summed E-state index contributed by atoms with van der Waals surface area (Å²) in [4.78, 5) is 29.6. The summed E-state index contributed by atoms with van der Waals surface area (Å²) in [7, 11) is -1.76. The van der Waals surface area contributed by atoms with E-state index in [9.17, 15) is 18.0 Å². The monoisotopic (exact) mass is 618 g/mol. The Balaban J connectivity index is 1.91. The van der Waals surface area contributed by atoms with Crippen LogP contribution in [0, 0.1) is 13.8 Å². The van der Waals surface area contributed by atoms with Gasteiger partial charge in [-0.15, -0.1) is 23.2 Å². The molecule has 3 rings (SSSR count). The van der Waals surface area contributed by atoms with Crippen molar-refractivity contribution in [3.05, 3.63) is 23.3 Å². The maximum atomic E-state index is 13.7. The highest BCUT2D eigenvalue weighted by molar-refractivity contribution is 7.89. The Morgan fingerprint density at radius 3 is 2.50 bits per heavy atom. The van der Waals surface area contributed by atoms with E-state index in [0.717, 1.165) is 50.6 Å². The second kappa shape index (κ2) is 14.3. The molecule has 0 aliphatic carbocycles. The average Bonchev–Trinajstić information content (AvgIpc) is 3.13. The SMILES string of the molecule is CCCCC(CCC)[N+]1(CC(=O)Nc2cc(S(=O)(=O)N3CCCN(C)CC3)c(C)cc2C)NCC(Cl)C(Cl)C1=O. The van der Waals surface area contributed by atoms with Crippen LogP contribution in [0.5, 0.6) is 0 Å². The maximum absolute atomic E-state index is 13.7. The number of anilines is 1. The van der Waals surface area contributed by atoms with Gasteiger partial charge >= 0.3 is 5.91 Å². The molecule has 40 heavy (non-hydrogen) atoms. The molecule has 0 radical (unpaired) electrons. The highest BCUT2D eigenvalue weighted by atomic mass is 35.5. The molecule has 2 saturated heterocycles. The molecule has 1 aromatic rings. The fourth-order valence-electron chi connectivity index (χ4n) is 5.80. The Morgan fingerprint density at radius 1 is 1.10 bits per heavy atom. The van der Waals surface area contributed by atoms with Crippen LogP contribution < -0.4 is 10.7 Å². The molecular weight excluding hydrogens is 573 g/mol. The van der Waals surface area contributed by atoms with Gasteiger partial charge in [-0.3, -0.25) is 4.79 Å². The largest absolute Gasteiger partial charge is 0.352 e. The molecule has 2 aliphatic heterocycles. The quantitative estimate of drug-likeness (QED) is 0.287. The summed E-state index contributed by atoms with van der Waals surface area (Å²) in [6.45, 7) is 10.3. The summed E-state index contributed by atoms with van der Waals surface area (Å²) in [6, 6.07) is 3.21. The van der Waals surface area contributed by atoms with E-state index < -0.39 is 20.8 Å². The van der Waals surface area contributed by atoms with Crippen LogP contribution in [0.15, 0.2) is 17.0 Å². The molecule has 0 spiro atoms. The third-order valence-electron chi connectivity index (χ3n) is 8.14. The number of likely N-dealkylation sites (N-methyl/N-ethyl adjacent to an activating group) is 1. The van der Waals surface area contributed by atoms with Crippen molar-refractivity contribution in [2.24, 2.45) is 0 Å². The van der Waals surface area contributed by atoms with Crippen molar-refractivity contribution in [2.75, 3.05) is 51.6 Å². The molecule has 2 heterocycles. The number of sulfonamides is 1. The number of hydrogen-bond acceptors (Lipinski definition) is 6. The predicted octanol–water partition coefficient (Wildman–Crippen LogP) is 4.00. The van der Waals surface area contributed by atoms with Crippen molar-refractivity contribution in [3.63, 3.8) is 0 Å². The first-order valence-electron chi connectivity index (χ1n) is 14.4. The van der Waals surface area contributed by atoms with Crippen LogP contribution in [0.25, 0.3) is 0 Å². The highest BCUT2D eigenvalue weighted by Gasteiger charge is 2.53. The Morgan fingerprint density at radius 2 is 1.82 bits per heavy atom. The van der Waals surface area contributed by atoms with Gasteiger partial charge in [0.25, 0.3) is 5.91 Å². The molecule has 2 amide bonds. The molecule has 0 aromatic heterocycles. The number of carbonyl (C=O) groups excluding carboxylic acids is 2. The number of quaternary nitrogens is 1. The minimum atomic E-state index is -3.75. The van der Waals surface area contributed by atoms with Gasteiger partial charge in [-0.1, -0.05) is 32.8 Å². The fourth-order valence-corrected chi connectivity index (χ4v) is 7.94. The van der Waals surface area contributed by atoms with Crippen LogP contribution in [0.1, 0.15) is 63.5 Å². The second-order valence-corrected chi connectivity index (χ2v) is 14.2. The lowest BCUT2D eigenvalue weighted by Crippen LogP contribution is -2.75. The first-order valence-corrected chi connectivity index (χ1v) is 16.7. The zero-order chi connectivity index (χ0) is 29.7. The first-order chi connectivity index (χ1) is 18.9. The van der Waals surface area contributed by atoms with Crippen LogP contribution in [0.2, 0.25) is 0 Å². The van der Waals surface area contributed by atoms with Gasteiger partial charge in [0.2, 0.25) is 10.0 Å². The van der Waals surface area contributed by atoms with Crippen LogP contribution in [0.3, 0.4) is 0 Å². The molecule has 2 fully saturated rings.